The molecule has 1 aromatic carbocycles. The number of fused-ring (bicyclic) bond motifs is 5. The maximum atomic E-state index is 12.1. The predicted octanol–water partition coefficient (Wildman–Crippen LogP) is 6.63. The SMILES string of the molecule is C[C@]12CC[C@H]3[C@@H](CCC4=CC(=O)CC[C@@]43C)[C@@H]1CC[C@@H]2[C@@H]1CN=C(c2ccc(Cl)cc2)O1. The molecule has 1 aliphatic heterocycles. The van der Waals surface area contributed by atoms with Crippen LogP contribution in [0.15, 0.2) is 40.9 Å². The van der Waals surface area contributed by atoms with Crippen molar-refractivity contribution in [2.75, 3.05) is 6.54 Å². The Morgan fingerprint density at radius 1 is 0.969 bits per heavy atom. The highest BCUT2D eigenvalue weighted by Gasteiger charge is 2.60. The number of halogens is 1. The Labute approximate surface area is 196 Å². The fraction of sp³-hybridized carbons (Fsp3) is 0.643. The molecule has 7 atom stereocenters. The number of hydrogen-bond acceptors (Lipinski definition) is 3. The lowest BCUT2D eigenvalue weighted by Gasteiger charge is -2.58. The number of rotatable bonds is 2. The zero-order valence-electron chi connectivity index (χ0n) is 19.3. The molecule has 5 aliphatic rings. The summed E-state index contributed by atoms with van der Waals surface area (Å²) in [5, 5.41) is 0.744. The monoisotopic (exact) mass is 451 g/mol. The third-order valence-corrected chi connectivity index (χ3v) is 10.5. The van der Waals surface area contributed by atoms with Gasteiger partial charge in [0.05, 0.1) is 6.54 Å². The molecule has 3 saturated carbocycles. The highest BCUT2D eigenvalue weighted by atomic mass is 35.5. The lowest BCUT2D eigenvalue weighted by Crippen LogP contribution is -2.51. The second-order valence-corrected chi connectivity index (χ2v) is 11.9. The first kappa shape index (κ1) is 21.0. The van der Waals surface area contributed by atoms with E-state index in [1.165, 1.54) is 37.7 Å². The smallest absolute Gasteiger partial charge is 0.216 e. The van der Waals surface area contributed by atoms with E-state index in [-0.39, 0.29) is 11.5 Å². The predicted molar refractivity (Wildman–Crippen MR) is 128 cm³/mol. The lowest BCUT2D eigenvalue weighted by atomic mass is 9.46. The molecule has 3 fully saturated rings. The minimum Gasteiger partial charge on any atom is -0.472 e. The van der Waals surface area contributed by atoms with Gasteiger partial charge in [-0.1, -0.05) is 31.0 Å². The van der Waals surface area contributed by atoms with E-state index in [0.29, 0.717) is 17.1 Å². The number of hydrogen-bond donors (Lipinski definition) is 0. The minimum atomic E-state index is 0.203. The van der Waals surface area contributed by atoms with Gasteiger partial charge in [0.15, 0.2) is 5.78 Å². The molecule has 0 bridgehead atoms. The van der Waals surface area contributed by atoms with Gasteiger partial charge in [-0.3, -0.25) is 4.79 Å². The Balaban J connectivity index is 1.21. The van der Waals surface area contributed by atoms with Gasteiger partial charge in [-0.05, 0) is 104 Å². The third-order valence-electron chi connectivity index (χ3n) is 10.3. The highest BCUT2D eigenvalue weighted by molar-refractivity contribution is 6.30. The van der Waals surface area contributed by atoms with Gasteiger partial charge in [0.2, 0.25) is 5.90 Å². The summed E-state index contributed by atoms with van der Waals surface area (Å²) in [6, 6.07) is 7.85. The second-order valence-electron chi connectivity index (χ2n) is 11.5. The van der Waals surface area contributed by atoms with E-state index >= 15 is 0 Å². The van der Waals surface area contributed by atoms with E-state index in [4.69, 9.17) is 21.3 Å². The maximum absolute atomic E-state index is 12.1. The van der Waals surface area contributed by atoms with E-state index in [2.05, 4.69) is 13.8 Å². The standard InChI is InChI=1S/C28H34ClNO2/c1-27-13-11-20(31)15-18(27)5-8-21-22-9-10-24(28(22,2)14-12-23(21)27)25-16-30-26(32-25)17-3-6-19(29)7-4-17/h3-4,6-7,15,21-25H,5,8-14,16H2,1-2H3/t21-,22-,23-,24+,25-,27-,28-/m0/s1. The fourth-order valence-electron chi connectivity index (χ4n) is 8.56. The van der Waals surface area contributed by atoms with Gasteiger partial charge < -0.3 is 4.74 Å². The van der Waals surface area contributed by atoms with Gasteiger partial charge in [-0.2, -0.15) is 0 Å². The van der Waals surface area contributed by atoms with Crippen molar-refractivity contribution in [3.63, 3.8) is 0 Å². The number of aliphatic imine (C=N–C) groups is 1. The van der Waals surface area contributed by atoms with E-state index in [9.17, 15) is 4.79 Å². The molecule has 0 unspecified atom stereocenters. The normalized spacial score (nSPS) is 43.0. The number of nitrogens with zero attached hydrogens (tertiary/aromatic N) is 1. The number of allylic oxidation sites excluding steroid dienone is 1. The van der Waals surface area contributed by atoms with Crippen LogP contribution in [0.3, 0.4) is 0 Å². The molecule has 0 amide bonds. The molecule has 170 valence electrons. The van der Waals surface area contributed by atoms with Crippen molar-refractivity contribution in [3.8, 4) is 0 Å². The molecule has 1 heterocycles. The molecule has 4 heteroatoms. The molecular formula is C28H34ClNO2. The van der Waals surface area contributed by atoms with Crippen molar-refractivity contribution in [3.05, 3.63) is 46.5 Å². The van der Waals surface area contributed by atoms with E-state index in [1.54, 1.807) is 0 Å². The fourth-order valence-corrected chi connectivity index (χ4v) is 8.69. The average Bonchev–Trinajstić information content (AvgIpc) is 3.39. The zero-order chi connectivity index (χ0) is 22.1. The molecule has 0 saturated heterocycles. The lowest BCUT2D eigenvalue weighted by molar-refractivity contribution is -0.117. The summed E-state index contributed by atoms with van der Waals surface area (Å²) in [7, 11) is 0. The molecule has 32 heavy (non-hydrogen) atoms. The molecular weight excluding hydrogens is 418 g/mol. The van der Waals surface area contributed by atoms with Crippen LogP contribution >= 0.6 is 11.6 Å². The summed E-state index contributed by atoms with van der Waals surface area (Å²) in [5.41, 5.74) is 3.10. The van der Waals surface area contributed by atoms with Crippen LogP contribution < -0.4 is 0 Å². The molecule has 4 aliphatic carbocycles. The van der Waals surface area contributed by atoms with Crippen molar-refractivity contribution >= 4 is 23.3 Å². The average molecular weight is 452 g/mol. The number of ketones is 1. The Morgan fingerprint density at radius 3 is 2.56 bits per heavy atom. The molecule has 0 aromatic heterocycles. The van der Waals surface area contributed by atoms with Crippen LogP contribution in [0.25, 0.3) is 0 Å². The second kappa shape index (κ2) is 7.45. The highest BCUT2D eigenvalue weighted by Crippen LogP contribution is 2.67. The van der Waals surface area contributed by atoms with Crippen molar-refractivity contribution in [2.45, 2.75) is 71.3 Å². The molecule has 0 radical (unpaired) electrons. The number of carbonyl (C=O) groups excluding carboxylic acids is 1. The first-order chi connectivity index (χ1) is 15.4. The van der Waals surface area contributed by atoms with E-state index < -0.39 is 0 Å². The first-order valence-electron chi connectivity index (χ1n) is 12.6. The van der Waals surface area contributed by atoms with Crippen molar-refractivity contribution in [1.82, 2.24) is 0 Å². The summed E-state index contributed by atoms with van der Waals surface area (Å²) in [4.78, 5) is 16.9. The van der Waals surface area contributed by atoms with Crippen molar-refractivity contribution in [2.24, 2.45) is 39.5 Å². The Kier molecular flexibility index (Phi) is 4.88. The zero-order valence-corrected chi connectivity index (χ0v) is 20.0. The maximum Gasteiger partial charge on any atom is 0.216 e. The van der Waals surface area contributed by atoms with Gasteiger partial charge in [-0.15, -0.1) is 0 Å². The van der Waals surface area contributed by atoms with Crippen LogP contribution in [0.4, 0.5) is 0 Å². The number of benzene rings is 1. The van der Waals surface area contributed by atoms with Crippen LogP contribution in [-0.2, 0) is 9.53 Å². The van der Waals surface area contributed by atoms with Crippen LogP contribution in [0.2, 0.25) is 5.02 Å². The number of ether oxygens (including phenoxy) is 1. The summed E-state index contributed by atoms with van der Waals surface area (Å²) >= 11 is 6.06. The van der Waals surface area contributed by atoms with Crippen LogP contribution in [-0.4, -0.2) is 24.3 Å². The molecule has 0 N–H and O–H groups in total. The van der Waals surface area contributed by atoms with Crippen LogP contribution in [0.5, 0.6) is 0 Å². The van der Waals surface area contributed by atoms with Gasteiger partial charge in [0, 0.05) is 22.9 Å². The Morgan fingerprint density at radius 2 is 1.75 bits per heavy atom. The van der Waals surface area contributed by atoms with Crippen LogP contribution in [0.1, 0.15) is 70.8 Å². The van der Waals surface area contributed by atoms with Gasteiger partial charge in [-0.25, -0.2) is 4.99 Å². The largest absolute Gasteiger partial charge is 0.472 e. The Hall–Kier alpha value is -1.61. The van der Waals surface area contributed by atoms with Crippen molar-refractivity contribution < 1.29 is 9.53 Å². The first-order valence-corrected chi connectivity index (χ1v) is 13.0. The van der Waals surface area contributed by atoms with E-state index in [1.807, 2.05) is 30.3 Å². The van der Waals surface area contributed by atoms with E-state index in [0.717, 1.165) is 60.0 Å². The minimum absolute atomic E-state index is 0.203. The Bertz CT molecular complexity index is 997. The summed E-state index contributed by atoms with van der Waals surface area (Å²) in [6.07, 6.45) is 11.6. The molecule has 1 aromatic rings. The summed E-state index contributed by atoms with van der Waals surface area (Å²) < 4.78 is 6.50. The van der Waals surface area contributed by atoms with Crippen molar-refractivity contribution in [1.29, 1.82) is 0 Å². The third kappa shape index (κ3) is 3.06. The number of carbonyl (C=O) groups is 1. The van der Waals surface area contributed by atoms with Gasteiger partial charge in [0.1, 0.15) is 6.10 Å². The molecule has 3 nitrogen and oxygen atoms in total. The van der Waals surface area contributed by atoms with Crippen LogP contribution in [0, 0.1) is 34.5 Å². The van der Waals surface area contributed by atoms with Gasteiger partial charge in [0.25, 0.3) is 0 Å². The molecule has 0 spiro atoms. The topological polar surface area (TPSA) is 38.7 Å². The quantitative estimate of drug-likeness (QED) is 0.505. The molecule has 6 rings (SSSR count). The summed E-state index contributed by atoms with van der Waals surface area (Å²) in [5.74, 6) is 4.06. The van der Waals surface area contributed by atoms with Gasteiger partial charge >= 0.3 is 0 Å². The summed E-state index contributed by atoms with van der Waals surface area (Å²) in [6.45, 7) is 5.82.